The first-order chi connectivity index (χ1) is 13.1. The van der Waals surface area contributed by atoms with Crippen LogP contribution >= 0.6 is 0 Å². The number of H-pyrrole nitrogens is 1. The van der Waals surface area contributed by atoms with Crippen LogP contribution in [0.1, 0.15) is 17.2 Å². The number of benzene rings is 2. The lowest BCUT2D eigenvalue weighted by atomic mass is 9.98. The molecule has 1 fully saturated rings. The Balaban J connectivity index is 1.63. The molecule has 1 N–H and O–H groups in total. The Labute approximate surface area is 155 Å². The van der Waals surface area contributed by atoms with Gasteiger partial charge in [-0.25, -0.2) is 4.39 Å². The summed E-state index contributed by atoms with van der Waals surface area (Å²) in [7, 11) is 0. The second kappa shape index (κ2) is 7.36. The van der Waals surface area contributed by atoms with E-state index in [-0.39, 0.29) is 12.0 Å². The molecule has 0 bridgehead atoms. The van der Waals surface area contributed by atoms with Gasteiger partial charge in [0.1, 0.15) is 5.82 Å². The molecule has 1 saturated heterocycles. The minimum absolute atomic E-state index is 0.113. The normalized spacial score (nSPS) is 15.8. The summed E-state index contributed by atoms with van der Waals surface area (Å²) in [5, 5.41) is 12.5. The number of anilines is 1. The molecule has 0 aliphatic carbocycles. The van der Waals surface area contributed by atoms with Crippen molar-refractivity contribution in [2.45, 2.75) is 12.5 Å². The number of halogens is 1. The molecule has 2 aromatic carbocycles. The summed E-state index contributed by atoms with van der Waals surface area (Å²) in [4.78, 5) is 16.6. The van der Waals surface area contributed by atoms with Crippen molar-refractivity contribution < 1.29 is 14.1 Å². The number of nitrogens with one attached hydrogen (secondary N) is 1. The van der Waals surface area contributed by atoms with Gasteiger partial charge in [-0.1, -0.05) is 18.2 Å². The summed E-state index contributed by atoms with van der Waals surface area (Å²) < 4.78 is 19.5. The standard InChI is InChI=1S/C20H20FN3O3/c21-18-4-2-1-3-17(18)20(24(25)26)11-14-13-22-19-12-15(5-6-16(14)19)23-7-9-27-10-8-23/h1-6,12-13,20,22H,7-11H2. The molecule has 0 spiro atoms. The van der Waals surface area contributed by atoms with Crippen LogP contribution in [0.25, 0.3) is 10.9 Å². The summed E-state index contributed by atoms with van der Waals surface area (Å²) in [6.45, 7) is 3.11. The van der Waals surface area contributed by atoms with Crippen molar-refractivity contribution in [2.75, 3.05) is 31.2 Å². The smallest absolute Gasteiger partial charge is 0.244 e. The number of hydrogen-bond acceptors (Lipinski definition) is 4. The van der Waals surface area contributed by atoms with Gasteiger partial charge in [0.05, 0.1) is 18.8 Å². The van der Waals surface area contributed by atoms with Gasteiger partial charge in [0, 0.05) is 47.2 Å². The third-order valence-electron chi connectivity index (χ3n) is 5.06. The van der Waals surface area contributed by atoms with Gasteiger partial charge in [-0.2, -0.15) is 0 Å². The second-order valence-electron chi connectivity index (χ2n) is 6.67. The number of rotatable bonds is 5. The van der Waals surface area contributed by atoms with Crippen molar-refractivity contribution in [2.24, 2.45) is 0 Å². The molecule has 1 aromatic heterocycles. The highest BCUT2D eigenvalue weighted by atomic mass is 19.1. The lowest BCUT2D eigenvalue weighted by molar-refractivity contribution is -0.529. The van der Waals surface area contributed by atoms with Crippen molar-refractivity contribution in [3.63, 3.8) is 0 Å². The number of aromatic nitrogens is 1. The Bertz CT molecular complexity index is 966. The largest absolute Gasteiger partial charge is 0.378 e. The zero-order valence-corrected chi connectivity index (χ0v) is 14.7. The van der Waals surface area contributed by atoms with Crippen LogP contribution in [0, 0.1) is 15.9 Å². The van der Waals surface area contributed by atoms with Crippen LogP contribution in [0.15, 0.2) is 48.7 Å². The second-order valence-corrected chi connectivity index (χ2v) is 6.67. The maximum atomic E-state index is 14.1. The summed E-state index contributed by atoms with van der Waals surface area (Å²) >= 11 is 0. The molecular weight excluding hydrogens is 349 g/mol. The Morgan fingerprint density at radius 1 is 1.22 bits per heavy atom. The van der Waals surface area contributed by atoms with Gasteiger partial charge in [-0.05, 0) is 29.8 Å². The van der Waals surface area contributed by atoms with E-state index < -0.39 is 16.8 Å². The SMILES string of the molecule is O=[N+]([O-])C(Cc1c[nH]c2cc(N3CCOCC3)ccc12)c1ccccc1F. The number of morpholine rings is 1. The Kier molecular flexibility index (Phi) is 4.77. The molecular formula is C20H20FN3O3. The third kappa shape index (κ3) is 3.50. The van der Waals surface area contributed by atoms with Crippen molar-refractivity contribution in [1.29, 1.82) is 0 Å². The van der Waals surface area contributed by atoms with Crippen molar-refractivity contribution in [1.82, 2.24) is 4.98 Å². The molecule has 1 aliphatic heterocycles. The topological polar surface area (TPSA) is 71.4 Å². The van der Waals surface area contributed by atoms with E-state index in [1.807, 2.05) is 12.1 Å². The molecule has 4 rings (SSSR count). The predicted molar refractivity (Wildman–Crippen MR) is 101 cm³/mol. The highest BCUT2D eigenvalue weighted by Gasteiger charge is 2.27. The predicted octanol–water partition coefficient (Wildman–Crippen LogP) is 3.70. The third-order valence-corrected chi connectivity index (χ3v) is 5.06. The molecule has 1 unspecified atom stereocenters. The minimum atomic E-state index is -1.12. The van der Waals surface area contributed by atoms with Gasteiger partial charge in [0.25, 0.3) is 0 Å². The van der Waals surface area contributed by atoms with Crippen LogP contribution in [0.2, 0.25) is 0 Å². The number of fused-ring (bicyclic) bond motifs is 1. The lowest BCUT2D eigenvalue weighted by Crippen LogP contribution is -2.36. The number of hydrogen-bond donors (Lipinski definition) is 1. The summed E-state index contributed by atoms with van der Waals surface area (Å²) in [6, 6.07) is 10.8. The monoisotopic (exact) mass is 369 g/mol. The number of nitro groups is 1. The highest BCUT2D eigenvalue weighted by molar-refractivity contribution is 5.86. The molecule has 27 heavy (non-hydrogen) atoms. The van der Waals surface area contributed by atoms with Gasteiger partial charge in [-0.15, -0.1) is 0 Å². The van der Waals surface area contributed by atoms with E-state index in [1.165, 1.54) is 18.2 Å². The zero-order chi connectivity index (χ0) is 18.8. The van der Waals surface area contributed by atoms with Crippen LogP contribution in [-0.4, -0.2) is 36.2 Å². The molecule has 1 aliphatic rings. The maximum absolute atomic E-state index is 14.1. The number of aromatic amines is 1. The van der Waals surface area contributed by atoms with Gasteiger partial charge < -0.3 is 14.6 Å². The van der Waals surface area contributed by atoms with Crippen LogP contribution in [-0.2, 0) is 11.2 Å². The van der Waals surface area contributed by atoms with Crippen molar-refractivity contribution in [3.05, 3.63) is 75.7 Å². The number of nitrogens with zero attached hydrogens (tertiary/aromatic N) is 2. The lowest BCUT2D eigenvalue weighted by Gasteiger charge is -2.28. The highest BCUT2D eigenvalue weighted by Crippen LogP contribution is 2.30. The summed E-state index contributed by atoms with van der Waals surface area (Å²) in [5.41, 5.74) is 2.94. The Morgan fingerprint density at radius 3 is 2.74 bits per heavy atom. The van der Waals surface area contributed by atoms with E-state index in [0.717, 1.165) is 35.2 Å². The van der Waals surface area contributed by atoms with Gasteiger partial charge in [0.2, 0.25) is 6.04 Å². The first-order valence-corrected chi connectivity index (χ1v) is 8.94. The van der Waals surface area contributed by atoms with Crippen LogP contribution in [0.5, 0.6) is 0 Å². The Hall–Kier alpha value is -2.93. The summed E-state index contributed by atoms with van der Waals surface area (Å²) in [6.07, 6.45) is 1.91. The van der Waals surface area contributed by atoms with Crippen molar-refractivity contribution >= 4 is 16.6 Å². The number of ether oxygens (including phenoxy) is 1. The molecule has 1 atom stereocenters. The van der Waals surface area contributed by atoms with Crippen molar-refractivity contribution in [3.8, 4) is 0 Å². The maximum Gasteiger partial charge on any atom is 0.244 e. The molecule has 0 amide bonds. The molecule has 6 nitrogen and oxygen atoms in total. The van der Waals surface area contributed by atoms with Crippen LogP contribution in [0.3, 0.4) is 0 Å². The molecule has 7 heteroatoms. The van der Waals surface area contributed by atoms with E-state index in [4.69, 9.17) is 4.74 Å². The van der Waals surface area contributed by atoms with E-state index in [1.54, 1.807) is 12.3 Å². The molecule has 140 valence electrons. The zero-order valence-electron chi connectivity index (χ0n) is 14.7. The fraction of sp³-hybridized carbons (Fsp3) is 0.300. The fourth-order valence-corrected chi connectivity index (χ4v) is 3.61. The first-order valence-electron chi connectivity index (χ1n) is 8.94. The molecule has 0 radical (unpaired) electrons. The minimum Gasteiger partial charge on any atom is -0.378 e. The van der Waals surface area contributed by atoms with E-state index in [9.17, 15) is 14.5 Å². The van der Waals surface area contributed by atoms with Gasteiger partial charge in [0.15, 0.2) is 0 Å². The Morgan fingerprint density at radius 2 is 2.00 bits per heavy atom. The first kappa shape index (κ1) is 17.5. The van der Waals surface area contributed by atoms with E-state index in [2.05, 4.69) is 16.0 Å². The molecule has 3 aromatic rings. The van der Waals surface area contributed by atoms with Gasteiger partial charge >= 0.3 is 0 Å². The quantitative estimate of drug-likeness (QED) is 0.550. The summed E-state index contributed by atoms with van der Waals surface area (Å²) in [5.74, 6) is -0.548. The van der Waals surface area contributed by atoms with E-state index >= 15 is 0 Å². The average molecular weight is 369 g/mol. The van der Waals surface area contributed by atoms with Crippen LogP contribution in [0.4, 0.5) is 10.1 Å². The van der Waals surface area contributed by atoms with Gasteiger partial charge in [-0.3, -0.25) is 10.1 Å². The average Bonchev–Trinajstić information content (AvgIpc) is 3.09. The van der Waals surface area contributed by atoms with E-state index in [0.29, 0.717) is 13.2 Å². The fourth-order valence-electron chi connectivity index (χ4n) is 3.61. The van der Waals surface area contributed by atoms with Crippen LogP contribution < -0.4 is 4.90 Å². The molecule has 0 saturated carbocycles. The molecule has 2 heterocycles.